The van der Waals surface area contributed by atoms with Crippen molar-refractivity contribution < 1.29 is 4.79 Å². The minimum atomic E-state index is -0.181. The average Bonchev–Trinajstić information content (AvgIpc) is 3.19. The van der Waals surface area contributed by atoms with Gasteiger partial charge in [0.1, 0.15) is 17.7 Å². The van der Waals surface area contributed by atoms with Gasteiger partial charge < -0.3 is 14.5 Å². The molecule has 0 fully saturated rings. The van der Waals surface area contributed by atoms with Crippen molar-refractivity contribution in [1.82, 2.24) is 19.3 Å². The lowest BCUT2D eigenvalue weighted by molar-refractivity contribution is -0.113. The van der Waals surface area contributed by atoms with Crippen molar-refractivity contribution in [2.24, 2.45) is 7.05 Å². The number of aromatic nitrogens is 4. The number of hydrogen-bond donors (Lipinski definition) is 1. The zero-order valence-electron chi connectivity index (χ0n) is 17.1. The number of nitriles is 1. The van der Waals surface area contributed by atoms with E-state index in [9.17, 15) is 10.1 Å². The first-order valence-electron chi connectivity index (χ1n) is 9.40. The molecule has 0 aliphatic heterocycles. The number of thioether (sulfide) groups is 1. The molecule has 0 bridgehead atoms. The minimum absolute atomic E-state index is 0.181. The number of carbonyl (C=O) groups is 1. The standard InChI is InChI=1S/C21H24N6OS/c1-5-18-24-25-21(26(18)4)29-13-19(28)23-20-17(11-22)14(2)15(3)27(20)12-16-9-7-6-8-10-16/h6-10H,5,12-13H2,1-4H3,(H,23,28). The Labute approximate surface area is 174 Å². The molecule has 0 unspecified atom stereocenters. The van der Waals surface area contributed by atoms with Crippen molar-refractivity contribution in [2.75, 3.05) is 11.1 Å². The van der Waals surface area contributed by atoms with E-state index in [0.717, 1.165) is 29.1 Å². The number of aryl methyl sites for hydroxylation is 1. The Morgan fingerprint density at radius 1 is 1.24 bits per heavy atom. The molecule has 3 rings (SSSR count). The van der Waals surface area contributed by atoms with Crippen molar-refractivity contribution in [3.63, 3.8) is 0 Å². The van der Waals surface area contributed by atoms with Crippen LogP contribution in [-0.4, -0.2) is 31.0 Å². The first-order valence-corrected chi connectivity index (χ1v) is 10.4. The van der Waals surface area contributed by atoms with Crippen molar-refractivity contribution in [3.05, 3.63) is 58.5 Å². The van der Waals surface area contributed by atoms with Gasteiger partial charge in [-0.3, -0.25) is 4.79 Å². The summed E-state index contributed by atoms with van der Waals surface area (Å²) in [6.07, 6.45) is 0.785. The summed E-state index contributed by atoms with van der Waals surface area (Å²) < 4.78 is 3.88. The zero-order valence-corrected chi connectivity index (χ0v) is 17.9. The fourth-order valence-corrected chi connectivity index (χ4v) is 3.90. The molecule has 7 nitrogen and oxygen atoms in total. The van der Waals surface area contributed by atoms with Gasteiger partial charge in [0.25, 0.3) is 0 Å². The molecule has 0 saturated carbocycles. The van der Waals surface area contributed by atoms with E-state index in [2.05, 4.69) is 21.6 Å². The maximum atomic E-state index is 12.7. The molecule has 0 radical (unpaired) electrons. The molecule has 1 N–H and O–H groups in total. The molecule has 1 amide bonds. The Balaban J connectivity index is 1.80. The topological polar surface area (TPSA) is 88.5 Å². The van der Waals surface area contributed by atoms with Gasteiger partial charge in [-0.25, -0.2) is 0 Å². The molecule has 3 aromatic rings. The van der Waals surface area contributed by atoms with Gasteiger partial charge in [-0.1, -0.05) is 49.0 Å². The fraction of sp³-hybridized carbons (Fsp3) is 0.333. The summed E-state index contributed by atoms with van der Waals surface area (Å²) in [5.74, 6) is 1.43. The van der Waals surface area contributed by atoms with Crippen LogP contribution in [0.25, 0.3) is 0 Å². The third-order valence-corrected chi connectivity index (χ3v) is 5.98. The highest BCUT2D eigenvalue weighted by Gasteiger charge is 2.20. The van der Waals surface area contributed by atoms with Crippen LogP contribution in [0.15, 0.2) is 35.5 Å². The highest BCUT2D eigenvalue weighted by atomic mass is 32.2. The second kappa shape index (κ2) is 8.97. The molecule has 1 aromatic carbocycles. The summed E-state index contributed by atoms with van der Waals surface area (Å²) in [6.45, 7) is 6.47. The van der Waals surface area contributed by atoms with Crippen molar-refractivity contribution in [2.45, 2.75) is 38.9 Å². The number of rotatable bonds is 7. The average molecular weight is 409 g/mol. The summed E-state index contributed by atoms with van der Waals surface area (Å²) >= 11 is 1.33. The van der Waals surface area contributed by atoms with Gasteiger partial charge in [0.15, 0.2) is 5.16 Å². The number of nitrogens with one attached hydrogen (secondary N) is 1. The van der Waals surface area contributed by atoms with Gasteiger partial charge in [0.2, 0.25) is 5.91 Å². The number of benzene rings is 1. The van der Waals surface area contributed by atoms with E-state index in [4.69, 9.17) is 0 Å². The van der Waals surface area contributed by atoms with Crippen molar-refractivity contribution in [3.8, 4) is 6.07 Å². The Bertz CT molecular complexity index is 1060. The van der Waals surface area contributed by atoms with Crippen LogP contribution < -0.4 is 5.32 Å². The summed E-state index contributed by atoms with van der Waals surface area (Å²) in [7, 11) is 1.89. The number of hydrogen-bond acceptors (Lipinski definition) is 5. The quantitative estimate of drug-likeness (QED) is 0.605. The van der Waals surface area contributed by atoms with E-state index in [-0.39, 0.29) is 11.7 Å². The zero-order chi connectivity index (χ0) is 21.0. The molecule has 29 heavy (non-hydrogen) atoms. The van der Waals surface area contributed by atoms with Crippen LogP contribution in [0, 0.1) is 25.2 Å². The summed E-state index contributed by atoms with van der Waals surface area (Å²) in [4.78, 5) is 12.7. The van der Waals surface area contributed by atoms with Gasteiger partial charge in [-0.05, 0) is 25.0 Å². The van der Waals surface area contributed by atoms with E-state index < -0.39 is 0 Å². The second-order valence-corrected chi connectivity index (χ2v) is 7.71. The predicted octanol–water partition coefficient (Wildman–Crippen LogP) is 3.45. The Morgan fingerprint density at radius 3 is 2.59 bits per heavy atom. The number of nitrogens with zero attached hydrogens (tertiary/aromatic N) is 5. The maximum Gasteiger partial charge on any atom is 0.235 e. The number of amides is 1. The molecular formula is C21H24N6OS. The normalized spacial score (nSPS) is 10.7. The molecule has 0 spiro atoms. The molecule has 0 aliphatic carbocycles. The van der Waals surface area contributed by atoms with Crippen LogP contribution in [0.2, 0.25) is 0 Å². The summed E-state index contributed by atoms with van der Waals surface area (Å²) in [5, 5.41) is 21.5. The first-order chi connectivity index (χ1) is 14.0. The van der Waals surface area contributed by atoms with Crippen molar-refractivity contribution >= 4 is 23.5 Å². The van der Waals surface area contributed by atoms with Gasteiger partial charge >= 0.3 is 0 Å². The van der Waals surface area contributed by atoms with Crippen LogP contribution in [0.3, 0.4) is 0 Å². The third-order valence-electron chi connectivity index (χ3n) is 4.96. The monoisotopic (exact) mass is 408 g/mol. The van der Waals surface area contributed by atoms with E-state index >= 15 is 0 Å². The second-order valence-electron chi connectivity index (χ2n) is 6.77. The Kier molecular flexibility index (Phi) is 6.39. The Hall–Kier alpha value is -3.05. The fourth-order valence-electron chi connectivity index (χ4n) is 3.17. The van der Waals surface area contributed by atoms with Gasteiger partial charge in [0, 0.05) is 25.7 Å². The van der Waals surface area contributed by atoms with Crippen LogP contribution in [0.5, 0.6) is 0 Å². The number of anilines is 1. The molecule has 2 heterocycles. The van der Waals surface area contributed by atoms with E-state index in [1.807, 2.05) is 67.3 Å². The molecule has 150 valence electrons. The SMILES string of the molecule is CCc1nnc(SCC(=O)Nc2c(C#N)c(C)c(C)n2Cc2ccccc2)n1C. The molecule has 0 atom stereocenters. The lowest BCUT2D eigenvalue weighted by Crippen LogP contribution is -2.19. The van der Waals surface area contributed by atoms with Crippen molar-refractivity contribution in [1.29, 1.82) is 5.26 Å². The lowest BCUT2D eigenvalue weighted by Gasteiger charge is -2.13. The lowest BCUT2D eigenvalue weighted by atomic mass is 10.2. The third kappa shape index (κ3) is 4.35. The van der Waals surface area contributed by atoms with E-state index in [0.29, 0.717) is 23.1 Å². The summed E-state index contributed by atoms with van der Waals surface area (Å²) in [6, 6.07) is 12.2. The van der Waals surface area contributed by atoms with E-state index in [1.54, 1.807) is 0 Å². The number of carbonyl (C=O) groups excluding carboxylic acids is 1. The highest BCUT2D eigenvalue weighted by Crippen LogP contribution is 2.28. The van der Waals surface area contributed by atoms with Crippen LogP contribution in [0.1, 0.15) is 35.1 Å². The molecule has 0 saturated heterocycles. The van der Waals surface area contributed by atoms with Crippen LogP contribution >= 0.6 is 11.8 Å². The molecule has 8 heteroatoms. The Morgan fingerprint density at radius 2 is 1.97 bits per heavy atom. The summed E-state index contributed by atoms with van der Waals surface area (Å²) in [5.41, 5.74) is 3.45. The predicted molar refractivity (Wildman–Crippen MR) is 114 cm³/mol. The smallest absolute Gasteiger partial charge is 0.235 e. The minimum Gasteiger partial charge on any atom is -0.326 e. The molecular weight excluding hydrogens is 384 g/mol. The highest BCUT2D eigenvalue weighted by molar-refractivity contribution is 7.99. The van der Waals surface area contributed by atoms with Gasteiger partial charge in [-0.15, -0.1) is 10.2 Å². The van der Waals surface area contributed by atoms with Gasteiger partial charge in [-0.2, -0.15) is 5.26 Å². The largest absolute Gasteiger partial charge is 0.326 e. The molecule has 0 aliphatic rings. The molecule has 2 aromatic heterocycles. The maximum absolute atomic E-state index is 12.7. The van der Waals surface area contributed by atoms with Crippen LogP contribution in [-0.2, 0) is 24.8 Å². The van der Waals surface area contributed by atoms with Gasteiger partial charge in [0.05, 0.1) is 11.3 Å². The van der Waals surface area contributed by atoms with Crippen LogP contribution in [0.4, 0.5) is 5.82 Å². The first kappa shape index (κ1) is 20.7. The van der Waals surface area contributed by atoms with E-state index in [1.165, 1.54) is 11.8 Å².